The van der Waals surface area contributed by atoms with Crippen LogP contribution in [0.3, 0.4) is 0 Å². The molecule has 0 amide bonds. The SMILES string of the molecule is CCc1noc(C)c1CN=C(N)N1CCSCC1. The molecule has 1 fully saturated rings. The van der Waals surface area contributed by atoms with Crippen molar-refractivity contribution in [2.45, 2.75) is 26.8 Å². The highest BCUT2D eigenvalue weighted by Gasteiger charge is 2.14. The molecule has 2 heterocycles. The zero-order valence-electron chi connectivity index (χ0n) is 11.0. The Bertz CT molecular complexity index is 424. The van der Waals surface area contributed by atoms with Gasteiger partial charge in [-0.25, -0.2) is 4.99 Å². The first-order valence-electron chi connectivity index (χ1n) is 6.29. The molecule has 1 aromatic heterocycles. The maximum absolute atomic E-state index is 6.02. The van der Waals surface area contributed by atoms with Gasteiger partial charge in [-0.05, 0) is 13.3 Å². The average molecular weight is 268 g/mol. The van der Waals surface area contributed by atoms with Crippen LogP contribution < -0.4 is 5.73 Å². The quantitative estimate of drug-likeness (QED) is 0.663. The first-order chi connectivity index (χ1) is 8.72. The van der Waals surface area contributed by atoms with Crippen molar-refractivity contribution in [2.24, 2.45) is 10.7 Å². The zero-order chi connectivity index (χ0) is 13.0. The molecule has 18 heavy (non-hydrogen) atoms. The smallest absolute Gasteiger partial charge is 0.191 e. The third kappa shape index (κ3) is 2.98. The molecule has 1 saturated heterocycles. The summed E-state index contributed by atoms with van der Waals surface area (Å²) in [5.41, 5.74) is 8.08. The summed E-state index contributed by atoms with van der Waals surface area (Å²) < 4.78 is 5.19. The van der Waals surface area contributed by atoms with E-state index in [4.69, 9.17) is 10.3 Å². The normalized spacial score (nSPS) is 17.2. The van der Waals surface area contributed by atoms with Crippen molar-refractivity contribution < 1.29 is 4.52 Å². The number of aryl methyl sites for hydroxylation is 2. The number of aliphatic imine (C=N–C) groups is 1. The molecule has 0 aliphatic carbocycles. The fourth-order valence-corrected chi connectivity index (χ4v) is 2.87. The Morgan fingerprint density at radius 2 is 2.22 bits per heavy atom. The molecule has 0 aromatic carbocycles. The van der Waals surface area contributed by atoms with E-state index in [1.54, 1.807) is 0 Å². The third-order valence-electron chi connectivity index (χ3n) is 3.14. The molecule has 1 aromatic rings. The van der Waals surface area contributed by atoms with Crippen LogP contribution in [0.2, 0.25) is 0 Å². The second-order valence-corrected chi connectivity index (χ2v) is 5.52. The average Bonchev–Trinajstić information content (AvgIpc) is 2.77. The highest BCUT2D eigenvalue weighted by molar-refractivity contribution is 7.99. The Balaban J connectivity index is 2.02. The fraction of sp³-hybridized carbons (Fsp3) is 0.667. The van der Waals surface area contributed by atoms with Crippen molar-refractivity contribution in [3.8, 4) is 0 Å². The lowest BCUT2D eigenvalue weighted by Crippen LogP contribution is -2.42. The Morgan fingerprint density at radius 1 is 1.50 bits per heavy atom. The molecule has 0 atom stereocenters. The molecule has 0 saturated carbocycles. The molecule has 2 N–H and O–H groups in total. The molecule has 0 unspecified atom stereocenters. The van der Waals surface area contributed by atoms with Gasteiger partial charge < -0.3 is 15.2 Å². The fourth-order valence-electron chi connectivity index (χ4n) is 1.97. The second-order valence-electron chi connectivity index (χ2n) is 4.29. The predicted molar refractivity (Wildman–Crippen MR) is 74.8 cm³/mol. The lowest BCUT2D eigenvalue weighted by atomic mass is 10.1. The molecular formula is C12H20N4OS. The second kappa shape index (κ2) is 6.13. The molecule has 0 spiro atoms. The van der Waals surface area contributed by atoms with E-state index < -0.39 is 0 Å². The van der Waals surface area contributed by atoms with Gasteiger partial charge in [-0.3, -0.25) is 0 Å². The Hall–Kier alpha value is -1.17. The van der Waals surface area contributed by atoms with Crippen molar-refractivity contribution in [1.82, 2.24) is 10.1 Å². The standard InChI is InChI=1S/C12H20N4OS/c1-3-11-10(9(2)17-15-11)8-14-12(13)16-4-6-18-7-5-16/h3-8H2,1-2H3,(H2,13,14). The molecule has 0 radical (unpaired) electrons. The van der Waals surface area contributed by atoms with E-state index in [2.05, 4.69) is 22.0 Å². The number of hydrogen-bond donors (Lipinski definition) is 1. The van der Waals surface area contributed by atoms with Gasteiger partial charge >= 0.3 is 0 Å². The van der Waals surface area contributed by atoms with Crippen LogP contribution in [-0.4, -0.2) is 40.6 Å². The summed E-state index contributed by atoms with van der Waals surface area (Å²) in [5, 5.41) is 4.02. The number of nitrogens with two attached hydrogens (primary N) is 1. The van der Waals surface area contributed by atoms with Crippen LogP contribution in [0.1, 0.15) is 23.9 Å². The van der Waals surface area contributed by atoms with Gasteiger partial charge in [0.05, 0.1) is 12.2 Å². The molecule has 1 aliphatic heterocycles. The van der Waals surface area contributed by atoms with Gasteiger partial charge in [0.25, 0.3) is 0 Å². The lowest BCUT2D eigenvalue weighted by Gasteiger charge is -2.27. The van der Waals surface area contributed by atoms with Crippen molar-refractivity contribution in [3.05, 3.63) is 17.0 Å². The first kappa shape index (κ1) is 13.3. The van der Waals surface area contributed by atoms with Crippen molar-refractivity contribution in [3.63, 3.8) is 0 Å². The molecule has 6 heteroatoms. The largest absolute Gasteiger partial charge is 0.370 e. The third-order valence-corrected chi connectivity index (χ3v) is 4.08. The topological polar surface area (TPSA) is 67.6 Å². The van der Waals surface area contributed by atoms with E-state index in [1.165, 1.54) is 0 Å². The van der Waals surface area contributed by atoms with Crippen molar-refractivity contribution in [1.29, 1.82) is 0 Å². The summed E-state index contributed by atoms with van der Waals surface area (Å²) >= 11 is 1.96. The van der Waals surface area contributed by atoms with Gasteiger partial charge in [-0.1, -0.05) is 12.1 Å². The van der Waals surface area contributed by atoms with E-state index in [0.717, 1.165) is 48.0 Å². The van der Waals surface area contributed by atoms with Crippen LogP contribution in [0.5, 0.6) is 0 Å². The molecule has 5 nitrogen and oxygen atoms in total. The Morgan fingerprint density at radius 3 is 2.89 bits per heavy atom. The van der Waals surface area contributed by atoms with Gasteiger partial charge in [0.1, 0.15) is 5.76 Å². The molecular weight excluding hydrogens is 248 g/mol. The monoisotopic (exact) mass is 268 g/mol. The minimum absolute atomic E-state index is 0.563. The van der Waals surface area contributed by atoms with Crippen molar-refractivity contribution in [2.75, 3.05) is 24.6 Å². The maximum Gasteiger partial charge on any atom is 0.191 e. The summed E-state index contributed by atoms with van der Waals surface area (Å²) in [6.45, 7) is 6.53. The predicted octanol–water partition coefficient (Wildman–Crippen LogP) is 1.41. The van der Waals surface area contributed by atoms with E-state index in [0.29, 0.717) is 12.5 Å². The van der Waals surface area contributed by atoms with Crippen LogP contribution in [0.4, 0.5) is 0 Å². The van der Waals surface area contributed by atoms with E-state index in [-0.39, 0.29) is 0 Å². The van der Waals surface area contributed by atoms with Crippen LogP contribution in [0, 0.1) is 6.92 Å². The molecule has 100 valence electrons. The van der Waals surface area contributed by atoms with Crippen LogP contribution in [0.15, 0.2) is 9.52 Å². The van der Waals surface area contributed by atoms with Crippen LogP contribution in [-0.2, 0) is 13.0 Å². The van der Waals surface area contributed by atoms with E-state index >= 15 is 0 Å². The van der Waals surface area contributed by atoms with Gasteiger partial charge in [0, 0.05) is 30.2 Å². The van der Waals surface area contributed by atoms with Crippen LogP contribution >= 0.6 is 11.8 Å². The molecule has 2 rings (SSSR count). The van der Waals surface area contributed by atoms with E-state index in [1.807, 2.05) is 18.7 Å². The number of thioether (sulfide) groups is 1. The summed E-state index contributed by atoms with van der Waals surface area (Å²) in [7, 11) is 0. The number of rotatable bonds is 3. The summed E-state index contributed by atoms with van der Waals surface area (Å²) in [5.74, 6) is 3.74. The van der Waals surface area contributed by atoms with Gasteiger partial charge in [-0.15, -0.1) is 0 Å². The minimum Gasteiger partial charge on any atom is -0.370 e. The van der Waals surface area contributed by atoms with E-state index in [9.17, 15) is 0 Å². The highest BCUT2D eigenvalue weighted by Crippen LogP contribution is 2.15. The van der Waals surface area contributed by atoms with Gasteiger partial charge in [0.2, 0.25) is 0 Å². The lowest BCUT2D eigenvalue weighted by molar-refractivity contribution is 0.390. The summed E-state index contributed by atoms with van der Waals surface area (Å²) in [6, 6.07) is 0. The van der Waals surface area contributed by atoms with Crippen LogP contribution in [0.25, 0.3) is 0 Å². The summed E-state index contributed by atoms with van der Waals surface area (Å²) in [6.07, 6.45) is 0.864. The number of guanidine groups is 1. The minimum atomic E-state index is 0.563. The number of aromatic nitrogens is 1. The zero-order valence-corrected chi connectivity index (χ0v) is 11.8. The molecule has 0 bridgehead atoms. The Labute approximate surface area is 112 Å². The maximum atomic E-state index is 6.02. The molecule has 1 aliphatic rings. The highest BCUT2D eigenvalue weighted by atomic mass is 32.2. The van der Waals surface area contributed by atoms with Crippen molar-refractivity contribution >= 4 is 17.7 Å². The first-order valence-corrected chi connectivity index (χ1v) is 7.44. The summed E-state index contributed by atoms with van der Waals surface area (Å²) in [4.78, 5) is 6.61. The Kier molecular flexibility index (Phi) is 4.52. The van der Waals surface area contributed by atoms with Gasteiger partial charge in [-0.2, -0.15) is 11.8 Å². The van der Waals surface area contributed by atoms with Gasteiger partial charge in [0.15, 0.2) is 5.96 Å². The number of hydrogen-bond acceptors (Lipinski definition) is 4. The number of nitrogens with zero attached hydrogens (tertiary/aromatic N) is 3.